The van der Waals surface area contributed by atoms with Crippen LogP contribution in [0.5, 0.6) is 0 Å². The molecule has 1 amide bonds. The number of hydrogen-bond donors (Lipinski definition) is 1. The molecule has 0 saturated carbocycles. The molecule has 0 aliphatic carbocycles. The first kappa shape index (κ1) is 21.2. The molecule has 0 saturated heterocycles. The smallest absolute Gasteiger partial charge is 0.251 e. The zero-order chi connectivity index (χ0) is 20.4. The monoisotopic (exact) mass is 387 g/mol. The minimum absolute atomic E-state index is 0.112. The van der Waals surface area contributed by atoms with Crippen molar-refractivity contribution in [1.29, 1.82) is 0 Å². The second-order valence-electron chi connectivity index (χ2n) is 8.14. The van der Waals surface area contributed by atoms with Gasteiger partial charge in [0.05, 0.1) is 4.90 Å². The lowest BCUT2D eigenvalue weighted by atomic mass is 9.83. The fourth-order valence-corrected chi connectivity index (χ4v) is 3.71. The van der Waals surface area contributed by atoms with Crippen LogP contribution >= 0.6 is 0 Å². The van der Waals surface area contributed by atoms with Crippen molar-refractivity contribution < 1.29 is 13.2 Å². The second-order valence-corrected chi connectivity index (χ2v) is 10.2. The van der Waals surface area contributed by atoms with Crippen molar-refractivity contribution in [2.24, 2.45) is 0 Å². The molecule has 0 spiro atoms. The topological polar surface area (TPSA) is 63.2 Å². The third-order valence-electron chi connectivity index (χ3n) is 4.77. The summed E-state index contributed by atoms with van der Waals surface area (Å²) in [5.41, 5.74) is 5.63. The van der Waals surface area contributed by atoms with Crippen LogP contribution in [0.3, 0.4) is 0 Å². The molecule has 2 aromatic carbocycles. The summed E-state index contributed by atoms with van der Waals surface area (Å²) in [6, 6.07) is 10.5. The number of amides is 1. The minimum Gasteiger partial charge on any atom is -0.352 e. The molecule has 5 heteroatoms. The zero-order valence-electron chi connectivity index (χ0n) is 17.0. The molecule has 27 heavy (non-hydrogen) atoms. The Morgan fingerprint density at radius 3 is 1.96 bits per heavy atom. The van der Waals surface area contributed by atoms with Crippen molar-refractivity contribution in [1.82, 2.24) is 5.32 Å². The first-order valence-electron chi connectivity index (χ1n) is 9.08. The molecule has 0 bridgehead atoms. The summed E-state index contributed by atoms with van der Waals surface area (Å²) in [4.78, 5) is 12.5. The van der Waals surface area contributed by atoms with Gasteiger partial charge in [-0.3, -0.25) is 4.79 Å². The van der Waals surface area contributed by atoms with E-state index in [-0.39, 0.29) is 16.2 Å². The maximum atomic E-state index is 12.3. The van der Waals surface area contributed by atoms with Crippen LogP contribution in [-0.2, 0) is 21.7 Å². The molecule has 0 aliphatic heterocycles. The summed E-state index contributed by atoms with van der Waals surface area (Å²) in [7, 11) is -3.25. The summed E-state index contributed by atoms with van der Waals surface area (Å²) in [5, 5.41) is 2.92. The van der Waals surface area contributed by atoms with Crippen molar-refractivity contribution in [2.45, 2.75) is 51.3 Å². The van der Waals surface area contributed by atoms with Gasteiger partial charge in [0.1, 0.15) is 0 Å². The van der Waals surface area contributed by atoms with Crippen LogP contribution in [0, 0.1) is 13.8 Å². The maximum Gasteiger partial charge on any atom is 0.251 e. The molecule has 0 heterocycles. The number of carbonyl (C=O) groups is 1. The SMILES string of the molecule is Cc1cc(C(C)(C)C)cc(C)c1CCNC(=O)c1ccc(S(C)(=O)=O)cc1. The van der Waals surface area contributed by atoms with Crippen LogP contribution in [-0.4, -0.2) is 27.1 Å². The molecule has 2 aromatic rings. The molecule has 146 valence electrons. The minimum atomic E-state index is -3.25. The van der Waals surface area contributed by atoms with E-state index in [4.69, 9.17) is 0 Å². The highest BCUT2D eigenvalue weighted by Gasteiger charge is 2.16. The van der Waals surface area contributed by atoms with Crippen LogP contribution in [0.15, 0.2) is 41.3 Å². The van der Waals surface area contributed by atoms with E-state index in [0.717, 1.165) is 12.7 Å². The standard InChI is InChI=1S/C22H29NO3S/c1-15-13-18(22(3,4)5)14-16(2)20(15)11-12-23-21(24)17-7-9-19(10-8-17)27(6,25)26/h7-10,13-14H,11-12H2,1-6H3,(H,23,24). The average molecular weight is 388 g/mol. The highest BCUT2D eigenvalue weighted by Crippen LogP contribution is 2.27. The fraction of sp³-hybridized carbons (Fsp3) is 0.409. The van der Waals surface area contributed by atoms with Crippen LogP contribution in [0.2, 0.25) is 0 Å². The van der Waals surface area contributed by atoms with Crippen molar-refractivity contribution in [2.75, 3.05) is 12.8 Å². The molecule has 4 nitrogen and oxygen atoms in total. The largest absolute Gasteiger partial charge is 0.352 e. The first-order chi connectivity index (χ1) is 12.4. The number of hydrogen-bond acceptors (Lipinski definition) is 3. The predicted molar refractivity (Wildman–Crippen MR) is 110 cm³/mol. The van der Waals surface area contributed by atoms with E-state index < -0.39 is 9.84 Å². The van der Waals surface area contributed by atoms with Crippen LogP contribution in [0.25, 0.3) is 0 Å². The van der Waals surface area contributed by atoms with E-state index in [2.05, 4.69) is 52.1 Å². The van der Waals surface area contributed by atoms with Gasteiger partial charge in [-0.1, -0.05) is 32.9 Å². The Hall–Kier alpha value is -2.14. The van der Waals surface area contributed by atoms with E-state index in [9.17, 15) is 13.2 Å². The number of rotatable bonds is 5. The molecule has 0 radical (unpaired) electrons. The van der Waals surface area contributed by atoms with Gasteiger partial charge in [-0.15, -0.1) is 0 Å². The van der Waals surface area contributed by atoms with Crippen molar-refractivity contribution in [3.05, 3.63) is 64.2 Å². The summed E-state index contributed by atoms with van der Waals surface area (Å²) >= 11 is 0. The summed E-state index contributed by atoms with van der Waals surface area (Å²) < 4.78 is 23.0. The van der Waals surface area contributed by atoms with E-state index in [1.807, 2.05) is 0 Å². The Bertz CT molecular complexity index is 914. The van der Waals surface area contributed by atoms with E-state index >= 15 is 0 Å². The Labute approximate surface area is 162 Å². The third-order valence-corrected chi connectivity index (χ3v) is 5.90. The lowest BCUT2D eigenvalue weighted by molar-refractivity contribution is 0.0954. The highest BCUT2D eigenvalue weighted by molar-refractivity contribution is 7.90. The van der Waals surface area contributed by atoms with E-state index in [1.165, 1.54) is 34.4 Å². The van der Waals surface area contributed by atoms with Gasteiger partial charge < -0.3 is 5.32 Å². The van der Waals surface area contributed by atoms with Gasteiger partial charge in [-0.2, -0.15) is 0 Å². The Morgan fingerprint density at radius 1 is 1.00 bits per heavy atom. The third kappa shape index (κ3) is 5.42. The molecular weight excluding hydrogens is 358 g/mol. The number of benzene rings is 2. The van der Waals surface area contributed by atoms with E-state index in [0.29, 0.717) is 12.1 Å². The highest BCUT2D eigenvalue weighted by atomic mass is 32.2. The van der Waals surface area contributed by atoms with Gasteiger partial charge in [-0.05, 0) is 72.2 Å². The van der Waals surface area contributed by atoms with Gasteiger partial charge in [0, 0.05) is 18.4 Å². The molecule has 0 aliphatic rings. The lowest BCUT2D eigenvalue weighted by Gasteiger charge is -2.22. The number of nitrogens with one attached hydrogen (secondary N) is 1. The quantitative estimate of drug-likeness (QED) is 0.844. The molecular formula is C22H29NO3S. The number of aryl methyl sites for hydroxylation is 2. The van der Waals surface area contributed by atoms with Crippen LogP contribution < -0.4 is 5.32 Å². The number of carbonyl (C=O) groups excluding carboxylic acids is 1. The van der Waals surface area contributed by atoms with E-state index in [1.54, 1.807) is 12.1 Å². The first-order valence-corrected chi connectivity index (χ1v) is 11.0. The molecule has 2 rings (SSSR count). The molecule has 0 atom stereocenters. The summed E-state index contributed by atoms with van der Waals surface area (Å²) in [5.74, 6) is -0.198. The molecule has 1 N–H and O–H groups in total. The molecule has 0 fully saturated rings. The van der Waals surface area contributed by atoms with Gasteiger partial charge in [-0.25, -0.2) is 8.42 Å². The van der Waals surface area contributed by atoms with Gasteiger partial charge in [0.25, 0.3) is 5.91 Å². The fourth-order valence-electron chi connectivity index (χ4n) is 3.08. The van der Waals surface area contributed by atoms with Gasteiger partial charge in [0.2, 0.25) is 0 Å². The average Bonchev–Trinajstić information content (AvgIpc) is 2.55. The van der Waals surface area contributed by atoms with Crippen LogP contribution in [0.4, 0.5) is 0 Å². The number of sulfone groups is 1. The Morgan fingerprint density at radius 2 is 1.52 bits per heavy atom. The van der Waals surface area contributed by atoms with Crippen molar-refractivity contribution in [3.8, 4) is 0 Å². The van der Waals surface area contributed by atoms with Crippen molar-refractivity contribution >= 4 is 15.7 Å². The predicted octanol–water partition coefficient (Wildman–Crippen LogP) is 3.98. The summed E-state index contributed by atoms with van der Waals surface area (Å²) in [6.45, 7) is 11.4. The zero-order valence-corrected chi connectivity index (χ0v) is 17.8. The van der Waals surface area contributed by atoms with Crippen LogP contribution in [0.1, 0.15) is 53.4 Å². The van der Waals surface area contributed by atoms with Gasteiger partial charge >= 0.3 is 0 Å². The maximum absolute atomic E-state index is 12.3. The molecule has 0 unspecified atom stereocenters. The summed E-state index contributed by atoms with van der Waals surface area (Å²) in [6.07, 6.45) is 1.91. The second kappa shape index (κ2) is 7.85. The Balaban J connectivity index is 2.03. The molecule has 0 aromatic heterocycles. The Kier molecular flexibility index (Phi) is 6.15. The normalized spacial score (nSPS) is 12.1. The van der Waals surface area contributed by atoms with Gasteiger partial charge in [0.15, 0.2) is 9.84 Å². The lowest BCUT2D eigenvalue weighted by Crippen LogP contribution is -2.26. The van der Waals surface area contributed by atoms with Crippen molar-refractivity contribution in [3.63, 3.8) is 0 Å².